The van der Waals surface area contributed by atoms with Gasteiger partial charge in [0.25, 0.3) is 0 Å². The molecule has 0 saturated heterocycles. The first kappa shape index (κ1) is 12.3. The van der Waals surface area contributed by atoms with Crippen LogP contribution in [0, 0.1) is 0 Å². The van der Waals surface area contributed by atoms with Crippen LogP contribution in [0.25, 0.3) is 0 Å². The Kier molecular flexibility index (Phi) is 7.45. The standard InChI is InChI=1S/C7H16O.W/c1-4-5-6-7(2,3)8;/h8H,4-6H2,1-3H3;. The summed E-state index contributed by atoms with van der Waals surface area (Å²) in [5, 5.41) is 9.15. The zero-order valence-electron chi connectivity index (χ0n) is 6.48. The van der Waals surface area contributed by atoms with Crippen LogP contribution in [-0.4, -0.2) is 10.7 Å². The number of rotatable bonds is 3. The van der Waals surface area contributed by atoms with Crippen LogP contribution in [0.5, 0.6) is 0 Å². The SMILES string of the molecule is CCCCC(C)(C)O.[W]. The molecule has 0 amide bonds. The molecule has 0 fully saturated rings. The maximum atomic E-state index is 9.15. The van der Waals surface area contributed by atoms with Crippen molar-refractivity contribution >= 4 is 0 Å². The minimum Gasteiger partial charge on any atom is -0.390 e. The molecule has 1 N–H and O–H groups in total. The van der Waals surface area contributed by atoms with E-state index in [4.69, 9.17) is 5.11 Å². The van der Waals surface area contributed by atoms with Gasteiger partial charge in [-0.3, -0.25) is 0 Å². The van der Waals surface area contributed by atoms with Crippen molar-refractivity contribution in [2.45, 2.75) is 45.6 Å². The van der Waals surface area contributed by atoms with E-state index in [9.17, 15) is 0 Å². The van der Waals surface area contributed by atoms with E-state index >= 15 is 0 Å². The van der Waals surface area contributed by atoms with Crippen molar-refractivity contribution in [3.63, 3.8) is 0 Å². The average Bonchev–Trinajstić information content (AvgIpc) is 1.59. The van der Waals surface area contributed by atoms with Crippen molar-refractivity contribution in [2.75, 3.05) is 0 Å². The van der Waals surface area contributed by atoms with Crippen molar-refractivity contribution in [3.8, 4) is 0 Å². The minimum absolute atomic E-state index is 0. The van der Waals surface area contributed by atoms with E-state index in [2.05, 4.69) is 6.92 Å². The molecule has 56 valence electrons. The molecule has 0 aromatic carbocycles. The van der Waals surface area contributed by atoms with Crippen LogP contribution in [0.2, 0.25) is 0 Å². The van der Waals surface area contributed by atoms with E-state index < -0.39 is 5.60 Å². The van der Waals surface area contributed by atoms with E-state index in [1.807, 2.05) is 13.8 Å². The summed E-state index contributed by atoms with van der Waals surface area (Å²) in [5.74, 6) is 0. The smallest absolute Gasteiger partial charge is 0.0591 e. The Bertz CT molecular complexity index is 56.4. The topological polar surface area (TPSA) is 20.2 Å². The fourth-order valence-electron chi connectivity index (χ4n) is 0.609. The molecule has 0 radical (unpaired) electrons. The summed E-state index contributed by atoms with van der Waals surface area (Å²) < 4.78 is 0. The second-order valence-electron chi connectivity index (χ2n) is 2.92. The maximum absolute atomic E-state index is 9.15. The second-order valence-corrected chi connectivity index (χ2v) is 2.92. The Balaban J connectivity index is 0. The van der Waals surface area contributed by atoms with Crippen molar-refractivity contribution in [1.29, 1.82) is 0 Å². The third kappa shape index (κ3) is 12.0. The van der Waals surface area contributed by atoms with Gasteiger partial charge in [-0.15, -0.1) is 0 Å². The van der Waals surface area contributed by atoms with Gasteiger partial charge < -0.3 is 5.11 Å². The summed E-state index contributed by atoms with van der Waals surface area (Å²) >= 11 is 0. The number of hydrogen-bond donors (Lipinski definition) is 1. The van der Waals surface area contributed by atoms with Gasteiger partial charge in [0.1, 0.15) is 0 Å². The molecule has 2 heteroatoms. The minimum atomic E-state index is -0.448. The predicted molar refractivity (Wildman–Crippen MR) is 35.8 cm³/mol. The molecule has 0 spiro atoms. The van der Waals surface area contributed by atoms with Crippen LogP contribution in [0.3, 0.4) is 0 Å². The Morgan fingerprint density at radius 2 is 1.78 bits per heavy atom. The summed E-state index contributed by atoms with van der Waals surface area (Å²) in [7, 11) is 0. The monoisotopic (exact) mass is 300 g/mol. The van der Waals surface area contributed by atoms with Gasteiger partial charge in [-0.25, -0.2) is 0 Å². The Morgan fingerprint density at radius 3 is 1.89 bits per heavy atom. The molecule has 0 bridgehead atoms. The second kappa shape index (κ2) is 5.43. The largest absolute Gasteiger partial charge is 0.390 e. The Hall–Kier alpha value is 0.648. The maximum Gasteiger partial charge on any atom is 0.0591 e. The van der Waals surface area contributed by atoms with Gasteiger partial charge in [0.2, 0.25) is 0 Å². The first-order valence-electron chi connectivity index (χ1n) is 3.28. The van der Waals surface area contributed by atoms with Gasteiger partial charge in [0, 0.05) is 21.1 Å². The fourth-order valence-corrected chi connectivity index (χ4v) is 0.609. The summed E-state index contributed by atoms with van der Waals surface area (Å²) in [4.78, 5) is 0. The van der Waals surface area contributed by atoms with Gasteiger partial charge in [-0.2, -0.15) is 0 Å². The molecular formula is C7H16OW. The molecule has 0 aliphatic carbocycles. The summed E-state index contributed by atoms with van der Waals surface area (Å²) in [6, 6.07) is 0. The van der Waals surface area contributed by atoms with E-state index in [0.717, 1.165) is 12.8 Å². The van der Waals surface area contributed by atoms with Gasteiger partial charge in [-0.05, 0) is 20.3 Å². The van der Waals surface area contributed by atoms with Crippen LogP contribution in [0.15, 0.2) is 0 Å². The van der Waals surface area contributed by atoms with E-state index in [0.29, 0.717) is 0 Å². The summed E-state index contributed by atoms with van der Waals surface area (Å²) in [6.07, 6.45) is 3.22. The van der Waals surface area contributed by atoms with Gasteiger partial charge >= 0.3 is 0 Å². The van der Waals surface area contributed by atoms with E-state index in [1.165, 1.54) is 6.42 Å². The van der Waals surface area contributed by atoms with E-state index in [1.54, 1.807) is 0 Å². The van der Waals surface area contributed by atoms with Crippen molar-refractivity contribution in [1.82, 2.24) is 0 Å². The number of hydrogen-bond acceptors (Lipinski definition) is 1. The molecule has 9 heavy (non-hydrogen) atoms. The van der Waals surface area contributed by atoms with Crippen LogP contribution in [0.4, 0.5) is 0 Å². The zero-order chi connectivity index (χ0) is 6.62. The first-order chi connectivity index (χ1) is 3.56. The predicted octanol–water partition coefficient (Wildman–Crippen LogP) is 1.94. The number of aliphatic hydroxyl groups is 1. The van der Waals surface area contributed by atoms with Gasteiger partial charge in [0.05, 0.1) is 5.60 Å². The normalized spacial score (nSPS) is 10.7. The molecule has 1 nitrogen and oxygen atoms in total. The Morgan fingerprint density at radius 1 is 1.33 bits per heavy atom. The van der Waals surface area contributed by atoms with Gasteiger partial charge in [-0.1, -0.05) is 19.8 Å². The quantitative estimate of drug-likeness (QED) is 0.844. The summed E-state index contributed by atoms with van der Waals surface area (Å²) in [6.45, 7) is 5.83. The molecule has 0 aliphatic rings. The molecule has 0 saturated carbocycles. The Labute approximate surface area is 72.1 Å². The third-order valence-electron chi connectivity index (χ3n) is 1.14. The first-order valence-corrected chi connectivity index (χ1v) is 3.28. The van der Waals surface area contributed by atoms with E-state index in [-0.39, 0.29) is 21.1 Å². The fraction of sp³-hybridized carbons (Fsp3) is 1.00. The van der Waals surface area contributed by atoms with Crippen molar-refractivity contribution in [3.05, 3.63) is 0 Å². The molecule has 0 heterocycles. The molecule has 0 aromatic heterocycles. The molecular weight excluding hydrogens is 284 g/mol. The van der Waals surface area contributed by atoms with Crippen molar-refractivity contribution in [2.24, 2.45) is 0 Å². The van der Waals surface area contributed by atoms with Gasteiger partial charge in [0.15, 0.2) is 0 Å². The average molecular weight is 300 g/mol. The molecule has 0 atom stereocenters. The molecule has 0 aromatic rings. The van der Waals surface area contributed by atoms with Crippen LogP contribution >= 0.6 is 0 Å². The van der Waals surface area contributed by atoms with Crippen LogP contribution < -0.4 is 0 Å². The summed E-state index contributed by atoms with van der Waals surface area (Å²) in [5.41, 5.74) is -0.448. The number of unbranched alkanes of at least 4 members (excludes halogenated alkanes) is 1. The molecule has 0 aliphatic heterocycles. The molecule has 0 unspecified atom stereocenters. The zero-order valence-corrected chi connectivity index (χ0v) is 9.41. The molecule has 0 rings (SSSR count). The van der Waals surface area contributed by atoms with Crippen LogP contribution in [-0.2, 0) is 21.1 Å². The third-order valence-corrected chi connectivity index (χ3v) is 1.14. The van der Waals surface area contributed by atoms with Crippen LogP contribution in [0.1, 0.15) is 40.0 Å². The van der Waals surface area contributed by atoms with Crippen molar-refractivity contribution < 1.29 is 26.2 Å².